The summed E-state index contributed by atoms with van der Waals surface area (Å²) in [6, 6.07) is 13.7. The number of anilines is 2. The second kappa shape index (κ2) is 8.28. The number of hydrogen-bond acceptors (Lipinski definition) is 5. The molecule has 0 saturated heterocycles. The zero-order valence-electron chi connectivity index (χ0n) is 16.4. The standard InChI is InChI=1S/C22H21ClN4O3/c1-13(28)20-12-19(26-27(20)16-5-3-2-4-6-16)22(30)25-15-9-10-17(18(23)11-15)21(29)24-14-7-8-14/h2-6,9-11,14,20H,7-8,12H2,1H3,(H,24,29)(H,25,30). The molecule has 8 heteroatoms. The third-order valence-electron chi connectivity index (χ3n) is 5.05. The van der Waals surface area contributed by atoms with Crippen molar-refractivity contribution in [1.82, 2.24) is 5.32 Å². The van der Waals surface area contributed by atoms with Crippen LogP contribution >= 0.6 is 11.6 Å². The summed E-state index contributed by atoms with van der Waals surface area (Å²) in [4.78, 5) is 37.0. The fourth-order valence-corrected chi connectivity index (χ4v) is 3.52. The largest absolute Gasteiger partial charge is 0.349 e. The smallest absolute Gasteiger partial charge is 0.271 e. The highest BCUT2D eigenvalue weighted by molar-refractivity contribution is 6.44. The molecule has 0 bridgehead atoms. The molecule has 1 saturated carbocycles. The molecule has 0 radical (unpaired) electrons. The van der Waals surface area contributed by atoms with E-state index in [1.54, 1.807) is 17.1 Å². The van der Waals surface area contributed by atoms with E-state index in [1.165, 1.54) is 13.0 Å². The molecule has 1 aliphatic heterocycles. The predicted octanol–water partition coefficient (Wildman–Crippen LogP) is 3.39. The number of benzene rings is 2. The van der Waals surface area contributed by atoms with E-state index in [4.69, 9.17) is 11.6 Å². The molecule has 1 heterocycles. The Morgan fingerprint density at radius 1 is 1.07 bits per heavy atom. The number of ketones is 1. The van der Waals surface area contributed by atoms with Crippen LogP contribution in [0.25, 0.3) is 0 Å². The lowest BCUT2D eigenvalue weighted by atomic mass is 10.1. The maximum Gasteiger partial charge on any atom is 0.271 e. The average molecular weight is 425 g/mol. The summed E-state index contributed by atoms with van der Waals surface area (Å²) < 4.78 is 0. The first-order valence-electron chi connectivity index (χ1n) is 9.76. The van der Waals surface area contributed by atoms with Crippen molar-refractivity contribution < 1.29 is 14.4 Å². The van der Waals surface area contributed by atoms with E-state index in [0.717, 1.165) is 18.5 Å². The number of nitrogens with one attached hydrogen (secondary N) is 2. The van der Waals surface area contributed by atoms with Crippen LogP contribution in [0.3, 0.4) is 0 Å². The van der Waals surface area contributed by atoms with E-state index in [0.29, 0.717) is 11.3 Å². The molecule has 1 atom stereocenters. The van der Waals surface area contributed by atoms with Gasteiger partial charge in [0.2, 0.25) is 0 Å². The highest BCUT2D eigenvalue weighted by Gasteiger charge is 2.34. The molecule has 2 aromatic rings. The number of para-hydroxylation sites is 1. The monoisotopic (exact) mass is 424 g/mol. The number of Topliss-reactive ketones (excluding diaryl/α,β-unsaturated/α-hetero) is 1. The average Bonchev–Trinajstić information content (AvgIpc) is 3.41. The van der Waals surface area contributed by atoms with E-state index in [1.807, 2.05) is 30.3 Å². The van der Waals surface area contributed by atoms with Gasteiger partial charge >= 0.3 is 0 Å². The summed E-state index contributed by atoms with van der Waals surface area (Å²) in [7, 11) is 0. The summed E-state index contributed by atoms with van der Waals surface area (Å²) in [5.41, 5.74) is 1.82. The Bertz CT molecular complexity index is 1030. The number of nitrogens with zero attached hydrogens (tertiary/aromatic N) is 2. The van der Waals surface area contributed by atoms with E-state index in [2.05, 4.69) is 15.7 Å². The van der Waals surface area contributed by atoms with Gasteiger partial charge in [0, 0.05) is 18.2 Å². The Kier molecular flexibility index (Phi) is 5.55. The molecule has 1 fully saturated rings. The number of hydrazone groups is 1. The molecule has 30 heavy (non-hydrogen) atoms. The maximum atomic E-state index is 12.7. The molecule has 0 spiro atoms. The molecule has 2 N–H and O–H groups in total. The van der Waals surface area contributed by atoms with Gasteiger partial charge in [-0.15, -0.1) is 0 Å². The fourth-order valence-electron chi connectivity index (χ4n) is 3.25. The SMILES string of the molecule is CC(=O)C1CC(C(=O)Nc2ccc(C(=O)NC3CC3)c(Cl)c2)=NN1c1ccccc1. The Balaban J connectivity index is 1.48. The van der Waals surface area contributed by atoms with Crippen LogP contribution in [0, 0.1) is 0 Å². The Morgan fingerprint density at radius 2 is 1.80 bits per heavy atom. The highest BCUT2D eigenvalue weighted by Crippen LogP contribution is 2.27. The number of amides is 2. The first-order valence-corrected chi connectivity index (χ1v) is 10.1. The molecule has 2 amide bonds. The van der Waals surface area contributed by atoms with E-state index < -0.39 is 11.9 Å². The topological polar surface area (TPSA) is 90.9 Å². The van der Waals surface area contributed by atoms with Crippen molar-refractivity contribution in [2.45, 2.75) is 38.3 Å². The normalized spacial score (nSPS) is 18.0. The van der Waals surface area contributed by atoms with Crippen LogP contribution in [0.2, 0.25) is 5.02 Å². The van der Waals surface area contributed by atoms with Gasteiger partial charge in [-0.2, -0.15) is 5.10 Å². The third kappa shape index (κ3) is 4.36. The molecule has 154 valence electrons. The predicted molar refractivity (Wildman–Crippen MR) is 116 cm³/mol. The second-order valence-corrected chi connectivity index (χ2v) is 7.86. The van der Waals surface area contributed by atoms with Gasteiger partial charge in [-0.3, -0.25) is 19.4 Å². The minimum atomic E-state index is -0.523. The summed E-state index contributed by atoms with van der Waals surface area (Å²) in [6.07, 6.45) is 2.19. The van der Waals surface area contributed by atoms with Crippen LogP contribution in [0.15, 0.2) is 53.6 Å². The summed E-state index contributed by atoms with van der Waals surface area (Å²) >= 11 is 6.24. The molecule has 0 aromatic heterocycles. The van der Waals surface area contributed by atoms with Crippen molar-refractivity contribution in [3.63, 3.8) is 0 Å². The highest BCUT2D eigenvalue weighted by atomic mass is 35.5. The van der Waals surface area contributed by atoms with Crippen molar-refractivity contribution in [1.29, 1.82) is 0 Å². The molecular weight excluding hydrogens is 404 g/mol. The number of hydrogen-bond donors (Lipinski definition) is 2. The van der Waals surface area contributed by atoms with Crippen LogP contribution in [-0.2, 0) is 9.59 Å². The van der Waals surface area contributed by atoms with E-state index in [9.17, 15) is 14.4 Å². The molecule has 7 nitrogen and oxygen atoms in total. The first kappa shape index (κ1) is 20.1. The van der Waals surface area contributed by atoms with Crippen LogP contribution in [0.5, 0.6) is 0 Å². The fraction of sp³-hybridized carbons (Fsp3) is 0.273. The van der Waals surface area contributed by atoms with Crippen LogP contribution in [0.1, 0.15) is 36.5 Å². The van der Waals surface area contributed by atoms with E-state index >= 15 is 0 Å². The summed E-state index contributed by atoms with van der Waals surface area (Å²) in [5.74, 6) is -0.700. The van der Waals surface area contributed by atoms with Gasteiger partial charge in [-0.1, -0.05) is 29.8 Å². The van der Waals surface area contributed by atoms with Gasteiger partial charge in [0.05, 0.1) is 16.3 Å². The van der Waals surface area contributed by atoms with Crippen LogP contribution in [-0.4, -0.2) is 35.4 Å². The molecule has 4 rings (SSSR count). The number of carbonyl (C=O) groups is 3. The summed E-state index contributed by atoms with van der Waals surface area (Å²) in [6.45, 7) is 1.49. The molecule has 2 aliphatic rings. The van der Waals surface area contributed by atoms with Gasteiger partial charge in [-0.05, 0) is 50.1 Å². The lowest BCUT2D eigenvalue weighted by Gasteiger charge is -2.20. The minimum absolute atomic E-state index is 0.0699. The zero-order valence-corrected chi connectivity index (χ0v) is 17.1. The Labute approximate surface area is 179 Å². The van der Waals surface area contributed by atoms with Crippen molar-refractivity contribution >= 4 is 46.3 Å². The number of rotatable bonds is 6. The van der Waals surface area contributed by atoms with Crippen LogP contribution in [0.4, 0.5) is 11.4 Å². The van der Waals surface area contributed by atoms with Gasteiger partial charge in [0.1, 0.15) is 11.8 Å². The number of halogens is 1. The second-order valence-electron chi connectivity index (χ2n) is 7.45. The van der Waals surface area contributed by atoms with Gasteiger partial charge in [0.25, 0.3) is 11.8 Å². The maximum absolute atomic E-state index is 12.7. The lowest BCUT2D eigenvalue weighted by Crippen LogP contribution is -2.33. The minimum Gasteiger partial charge on any atom is -0.349 e. The van der Waals surface area contributed by atoms with Gasteiger partial charge < -0.3 is 10.6 Å². The van der Waals surface area contributed by atoms with Gasteiger partial charge in [0.15, 0.2) is 5.78 Å². The van der Waals surface area contributed by atoms with Crippen molar-refractivity contribution in [2.24, 2.45) is 5.10 Å². The quantitative estimate of drug-likeness (QED) is 0.743. The van der Waals surface area contributed by atoms with Crippen molar-refractivity contribution in [3.05, 3.63) is 59.1 Å². The van der Waals surface area contributed by atoms with E-state index in [-0.39, 0.29) is 34.9 Å². The molecule has 1 unspecified atom stereocenters. The first-order chi connectivity index (χ1) is 14.4. The van der Waals surface area contributed by atoms with Crippen molar-refractivity contribution in [2.75, 3.05) is 10.3 Å². The van der Waals surface area contributed by atoms with Crippen molar-refractivity contribution in [3.8, 4) is 0 Å². The van der Waals surface area contributed by atoms with Gasteiger partial charge in [-0.25, -0.2) is 0 Å². The third-order valence-corrected chi connectivity index (χ3v) is 5.36. The molecule has 2 aromatic carbocycles. The molecule has 1 aliphatic carbocycles. The molecular formula is C22H21ClN4O3. The lowest BCUT2D eigenvalue weighted by molar-refractivity contribution is -0.118. The zero-order chi connectivity index (χ0) is 21.3. The Hall–Kier alpha value is -3.19. The Morgan fingerprint density at radius 3 is 2.43 bits per heavy atom. The summed E-state index contributed by atoms with van der Waals surface area (Å²) in [5, 5.41) is 11.9. The number of carbonyl (C=O) groups excluding carboxylic acids is 3. The van der Waals surface area contributed by atoms with Crippen LogP contribution < -0.4 is 15.6 Å².